The molecule has 0 fully saturated rings. The second kappa shape index (κ2) is 7.79. The fourth-order valence-corrected chi connectivity index (χ4v) is 2.86. The molecule has 3 nitrogen and oxygen atoms in total. The van der Waals surface area contributed by atoms with Crippen molar-refractivity contribution in [2.45, 2.75) is 6.54 Å². The first-order chi connectivity index (χ1) is 11.7. The Morgan fingerprint density at radius 1 is 0.833 bits per heavy atom. The quantitative estimate of drug-likeness (QED) is 0.644. The Bertz CT molecular complexity index is 806. The summed E-state index contributed by atoms with van der Waals surface area (Å²) < 4.78 is 0.773. The molecule has 3 aromatic rings. The first kappa shape index (κ1) is 16.3. The Morgan fingerprint density at radius 2 is 1.42 bits per heavy atom. The average molecular weight is 381 g/mol. The molecule has 0 aliphatic heterocycles. The summed E-state index contributed by atoms with van der Waals surface area (Å²) >= 11 is 3.43. The number of anilines is 1. The highest BCUT2D eigenvalue weighted by molar-refractivity contribution is 9.10. The molecule has 0 aromatic heterocycles. The first-order valence-corrected chi connectivity index (χ1v) is 8.45. The lowest BCUT2D eigenvalue weighted by atomic mass is 10.2. The zero-order valence-electron chi connectivity index (χ0n) is 13.0. The molecular formula is C20H17BrN2O. The van der Waals surface area contributed by atoms with Crippen molar-refractivity contribution in [3.05, 3.63) is 101 Å². The molecule has 0 saturated carbocycles. The Morgan fingerprint density at radius 3 is 2.08 bits per heavy atom. The summed E-state index contributed by atoms with van der Waals surface area (Å²) in [5.74, 6) is -0.151. The van der Waals surface area contributed by atoms with Crippen LogP contribution in [0.25, 0.3) is 0 Å². The van der Waals surface area contributed by atoms with Crippen LogP contribution >= 0.6 is 15.9 Å². The minimum absolute atomic E-state index is 0.151. The molecule has 0 aliphatic rings. The highest BCUT2D eigenvalue weighted by Gasteiger charge is 2.14. The van der Waals surface area contributed by atoms with Crippen molar-refractivity contribution in [1.29, 1.82) is 0 Å². The number of amides is 1. The number of hydrogen-bond acceptors (Lipinski definition) is 2. The summed E-state index contributed by atoms with van der Waals surface area (Å²) in [6, 6.07) is 27.3. The van der Waals surface area contributed by atoms with E-state index in [1.807, 2.05) is 83.9 Å². The SMILES string of the molecule is O=C(NN(Cc1ccccc1)c1ccccc1)c1ccccc1Br. The van der Waals surface area contributed by atoms with E-state index in [0.29, 0.717) is 12.1 Å². The van der Waals surface area contributed by atoms with Crippen LogP contribution in [0.3, 0.4) is 0 Å². The van der Waals surface area contributed by atoms with Gasteiger partial charge >= 0.3 is 0 Å². The Hall–Kier alpha value is -2.59. The van der Waals surface area contributed by atoms with Crippen LogP contribution in [0, 0.1) is 0 Å². The predicted molar refractivity (Wildman–Crippen MR) is 101 cm³/mol. The molecule has 1 amide bonds. The molecule has 0 unspecified atom stereocenters. The van der Waals surface area contributed by atoms with Crippen LogP contribution in [0.2, 0.25) is 0 Å². The van der Waals surface area contributed by atoms with Crippen LogP contribution < -0.4 is 10.4 Å². The number of halogens is 1. The first-order valence-electron chi connectivity index (χ1n) is 7.66. The van der Waals surface area contributed by atoms with Gasteiger partial charge < -0.3 is 0 Å². The normalized spacial score (nSPS) is 10.2. The Balaban J connectivity index is 1.85. The summed E-state index contributed by atoms with van der Waals surface area (Å²) in [5.41, 5.74) is 5.66. The van der Waals surface area contributed by atoms with Gasteiger partial charge in [0.15, 0.2) is 0 Å². The Kier molecular flexibility index (Phi) is 5.29. The number of carbonyl (C=O) groups is 1. The molecule has 120 valence electrons. The van der Waals surface area contributed by atoms with Crippen LogP contribution in [0.1, 0.15) is 15.9 Å². The largest absolute Gasteiger partial charge is 0.281 e. The molecule has 0 spiro atoms. The monoisotopic (exact) mass is 380 g/mol. The minimum Gasteiger partial charge on any atom is -0.281 e. The molecule has 3 rings (SSSR count). The number of rotatable bonds is 5. The van der Waals surface area contributed by atoms with Gasteiger partial charge in [-0.15, -0.1) is 0 Å². The molecule has 4 heteroatoms. The van der Waals surface area contributed by atoms with Crippen molar-refractivity contribution in [1.82, 2.24) is 5.43 Å². The van der Waals surface area contributed by atoms with Crippen LogP contribution in [0.5, 0.6) is 0 Å². The second-order valence-electron chi connectivity index (χ2n) is 5.33. The van der Waals surface area contributed by atoms with E-state index in [-0.39, 0.29) is 5.91 Å². The van der Waals surface area contributed by atoms with Crippen molar-refractivity contribution in [3.8, 4) is 0 Å². The summed E-state index contributed by atoms with van der Waals surface area (Å²) in [5, 5.41) is 1.86. The Labute approximate surface area is 150 Å². The minimum atomic E-state index is -0.151. The molecular weight excluding hydrogens is 364 g/mol. The van der Waals surface area contributed by atoms with Crippen molar-refractivity contribution in [3.63, 3.8) is 0 Å². The second-order valence-corrected chi connectivity index (χ2v) is 6.18. The third-order valence-electron chi connectivity index (χ3n) is 3.61. The lowest BCUT2D eigenvalue weighted by molar-refractivity contribution is 0.0947. The summed E-state index contributed by atoms with van der Waals surface area (Å²) in [4.78, 5) is 12.7. The van der Waals surface area contributed by atoms with Gasteiger partial charge in [0.05, 0.1) is 17.8 Å². The molecule has 0 radical (unpaired) electrons. The van der Waals surface area contributed by atoms with Gasteiger partial charge in [0, 0.05) is 4.47 Å². The maximum atomic E-state index is 12.7. The van der Waals surface area contributed by atoms with Crippen molar-refractivity contribution >= 4 is 27.5 Å². The molecule has 0 heterocycles. The van der Waals surface area contributed by atoms with Crippen molar-refractivity contribution in [2.24, 2.45) is 0 Å². The highest BCUT2D eigenvalue weighted by Crippen LogP contribution is 2.18. The number of hydrogen-bond donors (Lipinski definition) is 1. The molecule has 0 saturated heterocycles. The maximum absolute atomic E-state index is 12.7. The molecule has 1 N–H and O–H groups in total. The third-order valence-corrected chi connectivity index (χ3v) is 4.30. The van der Waals surface area contributed by atoms with E-state index in [1.165, 1.54) is 0 Å². The van der Waals surface area contributed by atoms with Crippen LogP contribution in [0.4, 0.5) is 5.69 Å². The van der Waals surface area contributed by atoms with Gasteiger partial charge in [-0.3, -0.25) is 15.2 Å². The summed E-state index contributed by atoms with van der Waals surface area (Å²) in [7, 11) is 0. The van der Waals surface area contributed by atoms with E-state index < -0.39 is 0 Å². The van der Waals surface area contributed by atoms with E-state index in [2.05, 4.69) is 21.4 Å². The van der Waals surface area contributed by atoms with Gasteiger partial charge in [0.1, 0.15) is 0 Å². The topological polar surface area (TPSA) is 32.3 Å². The lowest BCUT2D eigenvalue weighted by Gasteiger charge is -2.26. The molecule has 0 atom stereocenters. The molecule has 3 aromatic carbocycles. The number of carbonyl (C=O) groups excluding carboxylic acids is 1. The van der Waals surface area contributed by atoms with E-state index in [9.17, 15) is 4.79 Å². The highest BCUT2D eigenvalue weighted by atomic mass is 79.9. The van der Waals surface area contributed by atoms with Crippen LogP contribution in [-0.4, -0.2) is 5.91 Å². The fraction of sp³-hybridized carbons (Fsp3) is 0.0500. The number of benzene rings is 3. The average Bonchev–Trinajstić information content (AvgIpc) is 2.63. The van der Waals surface area contributed by atoms with Crippen molar-refractivity contribution < 1.29 is 4.79 Å². The number of hydrazine groups is 1. The van der Waals surface area contributed by atoms with E-state index in [0.717, 1.165) is 15.7 Å². The smallest absolute Gasteiger partial charge is 0.270 e. The third kappa shape index (κ3) is 4.03. The molecule has 0 aliphatic carbocycles. The fourth-order valence-electron chi connectivity index (χ4n) is 2.40. The van der Waals surface area contributed by atoms with Crippen LogP contribution in [0.15, 0.2) is 89.4 Å². The number of nitrogens with zero attached hydrogens (tertiary/aromatic N) is 1. The summed E-state index contributed by atoms with van der Waals surface area (Å²) in [6.45, 7) is 0.584. The zero-order valence-corrected chi connectivity index (χ0v) is 14.6. The standard InChI is InChI=1S/C20H17BrN2O/c21-19-14-8-7-13-18(19)20(24)22-23(17-11-5-2-6-12-17)15-16-9-3-1-4-10-16/h1-14H,15H2,(H,22,24). The van der Waals surface area contributed by atoms with E-state index >= 15 is 0 Å². The van der Waals surface area contributed by atoms with Crippen molar-refractivity contribution in [2.75, 3.05) is 5.01 Å². The van der Waals surface area contributed by atoms with Gasteiger partial charge in [-0.1, -0.05) is 60.7 Å². The van der Waals surface area contributed by atoms with Crippen LogP contribution in [-0.2, 0) is 6.54 Å². The number of para-hydroxylation sites is 1. The maximum Gasteiger partial charge on any atom is 0.270 e. The zero-order chi connectivity index (χ0) is 16.8. The van der Waals surface area contributed by atoms with Gasteiger partial charge in [-0.2, -0.15) is 0 Å². The summed E-state index contributed by atoms with van der Waals surface area (Å²) in [6.07, 6.45) is 0. The predicted octanol–water partition coefficient (Wildman–Crippen LogP) is 4.80. The molecule has 0 bridgehead atoms. The van der Waals surface area contributed by atoms with Gasteiger partial charge in [0.25, 0.3) is 5.91 Å². The van der Waals surface area contributed by atoms with Gasteiger partial charge in [-0.05, 0) is 45.8 Å². The number of nitrogens with one attached hydrogen (secondary N) is 1. The molecule has 24 heavy (non-hydrogen) atoms. The van der Waals surface area contributed by atoms with Gasteiger partial charge in [0.2, 0.25) is 0 Å². The van der Waals surface area contributed by atoms with E-state index in [4.69, 9.17) is 0 Å². The van der Waals surface area contributed by atoms with E-state index in [1.54, 1.807) is 6.07 Å². The van der Waals surface area contributed by atoms with Gasteiger partial charge in [-0.25, -0.2) is 0 Å². The lowest BCUT2D eigenvalue weighted by Crippen LogP contribution is -2.42.